The molecule has 2 aliphatic rings. The van der Waals surface area contributed by atoms with E-state index in [0.717, 1.165) is 31.6 Å². The van der Waals surface area contributed by atoms with Crippen LogP contribution in [0.2, 0.25) is 5.02 Å². The molecule has 2 N–H and O–H groups in total. The summed E-state index contributed by atoms with van der Waals surface area (Å²) in [6.45, 7) is 4.78. The van der Waals surface area contributed by atoms with Crippen molar-refractivity contribution in [1.29, 1.82) is 0 Å². The maximum absolute atomic E-state index is 13.0. The standard InChI is InChI=1S/C25H31ClN4O2/c26-22-8-10-23(11-9-22)28-25(32)30-17-20(19-6-2-1-3-7-19)16-21(18-30)24(31)27-12-15-29-13-4-5-14-29/h1-3,6-11,20-21H,4-5,12-18H2,(H,27,31)(H,28,32)/t20-,21-/m0/s1. The number of piperidine rings is 1. The van der Waals surface area contributed by atoms with Crippen LogP contribution < -0.4 is 10.6 Å². The van der Waals surface area contributed by atoms with E-state index >= 15 is 0 Å². The van der Waals surface area contributed by atoms with Crippen LogP contribution in [-0.2, 0) is 4.79 Å². The van der Waals surface area contributed by atoms with Crippen molar-refractivity contribution in [3.63, 3.8) is 0 Å². The van der Waals surface area contributed by atoms with E-state index < -0.39 is 0 Å². The number of carbonyl (C=O) groups excluding carboxylic acids is 2. The van der Waals surface area contributed by atoms with Crippen LogP contribution in [0.1, 0.15) is 30.7 Å². The molecule has 2 saturated heterocycles. The predicted octanol–water partition coefficient (Wildman–Crippen LogP) is 4.19. The summed E-state index contributed by atoms with van der Waals surface area (Å²) in [7, 11) is 0. The van der Waals surface area contributed by atoms with Gasteiger partial charge in [0, 0.05) is 42.8 Å². The number of benzene rings is 2. The summed E-state index contributed by atoms with van der Waals surface area (Å²) < 4.78 is 0. The van der Waals surface area contributed by atoms with E-state index in [9.17, 15) is 9.59 Å². The summed E-state index contributed by atoms with van der Waals surface area (Å²) in [5.74, 6) is -0.0760. The van der Waals surface area contributed by atoms with Crippen molar-refractivity contribution >= 4 is 29.2 Å². The van der Waals surface area contributed by atoms with E-state index in [4.69, 9.17) is 11.6 Å². The molecule has 0 aliphatic carbocycles. The van der Waals surface area contributed by atoms with Crippen LogP contribution in [-0.4, -0.2) is 61.0 Å². The van der Waals surface area contributed by atoms with Crippen LogP contribution in [0.3, 0.4) is 0 Å². The molecule has 0 spiro atoms. The Bertz CT molecular complexity index is 900. The van der Waals surface area contributed by atoms with Gasteiger partial charge in [-0.15, -0.1) is 0 Å². The molecule has 2 atom stereocenters. The maximum atomic E-state index is 13.0. The van der Waals surface area contributed by atoms with Crippen LogP contribution in [0.15, 0.2) is 54.6 Å². The Morgan fingerprint density at radius 3 is 2.41 bits per heavy atom. The number of amides is 3. The van der Waals surface area contributed by atoms with Gasteiger partial charge >= 0.3 is 6.03 Å². The van der Waals surface area contributed by atoms with Crippen molar-refractivity contribution in [2.45, 2.75) is 25.2 Å². The molecule has 0 radical (unpaired) electrons. The second-order valence-electron chi connectivity index (χ2n) is 8.72. The van der Waals surface area contributed by atoms with Crippen molar-refractivity contribution in [1.82, 2.24) is 15.1 Å². The normalized spacial score (nSPS) is 21.3. The summed E-state index contributed by atoms with van der Waals surface area (Å²) in [6, 6.07) is 17.0. The average molecular weight is 455 g/mol. The van der Waals surface area contributed by atoms with Crippen LogP contribution in [0.4, 0.5) is 10.5 Å². The molecule has 2 fully saturated rings. The molecule has 3 amide bonds. The molecular weight excluding hydrogens is 424 g/mol. The number of likely N-dealkylation sites (tertiary alicyclic amines) is 2. The number of halogens is 1. The fourth-order valence-corrected chi connectivity index (χ4v) is 4.77. The van der Waals surface area contributed by atoms with Gasteiger partial charge in [0.15, 0.2) is 0 Å². The first-order chi connectivity index (χ1) is 15.6. The van der Waals surface area contributed by atoms with Gasteiger partial charge in [-0.3, -0.25) is 4.79 Å². The van der Waals surface area contributed by atoms with Gasteiger partial charge in [-0.2, -0.15) is 0 Å². The minimum Gasteiger partial charge on any atom is -0.355 e. The monoisotopic (exact) mass is 454 g/mol. The summed E-state index contributed by atoms with van der Waals surface area (Å²) in [6.07, 6.45) is 3.23. The van der Waals surface area contributed by atoms with E-state index in [1.54, 1.807) is 29.2 Å². The van der Waals surface area contributed by atoms with Crippen molar-refractivity contribution in [3.8, 4) is 0 Å². The Balaban J connectivity index is 1.41. The average Bonchev–Trinajstić information content (AvgIpc) is 3.34. The SMILES string of the molecule is O=C(NCCN1CCCC1)[C@H]1C[C@H](c2ccccc2)CN(C(=O)Nc2ccc(Cl)cc2)C1. The fraction of sp³-hybridized carbons (Fsp3) is 0.440. The number of hydrogen-bond donors (Lipinski definition) is 2. The molecule has 0 bridgehead atoms. The van der Waals surface area contributed by atoms with Crippen LogP contribution >= 0.6 is 11.6 Å². The second-order valence-corrected chi connectivity index (χ2v) is 9.16. The Kier molecular flexibility index (Phi) is 7.66. The molecule has 0 saturated carbocycles. The van der Waals surface area contributed by atoms with E-state index in [1.165, 1.54) is 12.8 Å². The van der Waals surface area contributed by atoms with Gasteiger partial charge in [0.25, 0.3) is 0 Å². The maximum Gasteiger partial charge on any atom is 0.321 e. The van der Waals surface area contributed by atoms with Gasteiger partial charge in [-0.25, -0.2) is 4.79 Å². The highest BCUT2D eigenvalue weighted by Crippen LogP contribution is 2.31. The predicted molar refractivity (Wildman–Crippen MR) is 128 cm³/mol. The molecular formula is C25H31ClN4O2. The van der Waals surface area contributed by atoms with E-state index in [0.29, 0.717) is 30.3 Å². The molecule has 6 nitrogen and oxygen atoms in total. The zero-order valence-corrected chi connectivity index (χ0v) is 19.1. The Morgan fingerprint density at radius 2 is 1.69 bits per heavy atom. The quantitative estimate of drug-likeness (QED) is 0.687. The highest BCUT2D eigenvalue weighted by molar-refractivity contribution is 6.30. The fourth-order valence-electron chi connectivity index (χ4n) is 4.65. The number of carbonyl (C=O) groups is 2. The highest BCUT2D eigenvalue weighted by Gasteiger charge is 2.34. The van der Waals surface area contributed by atoms with Gasteiger partial charge in [0.2, 0.25) is 5.91 Å². The van der Waals surface area contributed by atoms with Gasteiger partial charge in [-0.05, 0) is 62.2 Å². The van der Waals surface area contributed by atoms with Gasteiger partial charge in [0.1, 0.15) is 0 Å². The first-order valence-corrected chi connectivity index (χ1v) is 11.8. The zero-order valence-electron chi connectivity index (χ0n) is 18.3. The molecule has 170 valence electrons. The van der Waals surface area contributed by atoms with Crippen molar-refractivity contribution in [2.24, 2.45) is 5.92 Å². The first kappa shape index (κ1) is 22.6. The Morgan fingerprint density at radius 1 is 0.969 bits per heavy atom. The third kappa shape index (κ3) is 6.02. The summed E-state index contributed by atoms with van der Waals surface area (Å²) in [5.41, 5.74) is 1.85. The van der Waals surface area contributed by atoms with E-state index in [-0.39, 0.29) is 23.8 Å². The largest absolute Gasteiger partial charge is 0.355 e. The molecule has 2 aromatic rings. The van der Waals surface area contributed by atoms with E-state index in [1.807, 2.05) is 18.2 Å². The van der Waals surface area contributed by atoms with Crippen molar-refractivity contribution in [2.75, 3.05) is 44.6 Å². The summed E-state index contributed by atoms with van der Waals surface area (Å²) in [4.78, 5) is 30.2. The topological polar surface area (TPSA) is 64.7 Å². The molecule has 7 heteroatoms. The Labute approximate surface area is 194 Å². The number of rotatable bonds is 6. The second kappa shape index (κ2) is 10.8. The molecule has 2 heterocycles. The summed E-state index contributed by atoms with van der Waals surface area (Å²) >= 11 is 5.95. The van der Waals surface area contributed by atoms with Gasteiger partial charge in [0.05, 0.1) is 5.92 Å². The Hall–Kier alpha value is -2.57. The minimum absolute atomic E-state index is 0.0362. The molecule has 4 rings (SSSR count). The molecule has 2 aliphatic heterocycles. The summed E-state index contributed by atoms with van der Waals surface area (Å²) in [5, 5.41) is 6.67. The van der Waals surface area contributed by atoms with Crippen LogP contribution in [0.25, 0.3) is 0 Å². The third-order valence-electron chi connectivity index (χ3n) is 6.40. The zero-order chi connectivity index (χ0) is 22.3. The lowest BCUT2D eigenvalue weighted by molar-refractivity contribution is -0.126. The lowest BCUT2D eigenvalue weighted by Crippen LogP contribution is -2.50. The number of hydrogen-bond acceptors (Lipinski definition) is 3. The lowest BCUT2D eigenvalue weighted by Gasteiger charge is -2.37. The molecule has 0 aromatic heterocycles. The molecule has 2 aromatic carbocycles. The van der Waals surface area contributed by atoms with Crippen molar-refractivity contribution < 1.29 is 9.59 Å². The minimum atomic E-state index is -0.233. The van der Waals surface area contributed by atoms with Gasteiger partial charge < -0.3 is 20.4 Å². The molecule has 32 heavy (non-hydrogen) atoms. The van der Waals surface area contributed by atoms with Crippen LogP contribution in [0, 0.1) is 5.92 Å². The van der Waals surface area contributed by atoms with Crippen LogP contribution in [0.5, 0.6) is 0 Å². The lowest BCUT2D eigenvalue weighted by atomic mass is 9.84. The van der Waals surface area contributed by atoms with Gasteiger partial charge in [-0.1, -0.05) is 41.9 Å². The van der Waals surface area contributed by atoms with E-state index in [2.05, 4.69) is 27.7 Å². The third-order valence-corrected chi connectivity index (χ3v) is 6.65. The smallest absolute Gasteiger partial charge is 0.321 e. The number of anilines is 1. The van der Waals surface area contributed by atoms with Crippen molar-refractivity contribution in [3.05, 3.63) is 65.2 Å². The first-order valence-electron chi connectivity index (χ1n) is 11.4. The highest BCUT2D eigenvalue weighted by atomic mass is 35.5. The number of nitrogens with one attached hydrogen (secondary N) is 2. The number of nitrogens with zero attached hydrogens (tertiary/aromatic N) is 2. The molecule has 0 unspecified atom stereocenters. The number of urea groups is 1.